The summed E-state index contributed by atoms with van der Waals surface area (Å²) in [4.78, 5) is 66.9. The molecule has 4 N–H and O–H groups in total. The van der Waals surface area contributed by atoms with Gasteiger partial charge >= 0.3 is 18.2 Å². The van der Waals surface area contributed by atoms with E-state index in [9.17, 15) is 24.0 Å². The number of rotatable bonds is 12. The molecule has 14 nitrogen and oxygen atoms in total. The van der Waals surface area contributed by atoms with Gasteiger partial charge in [-0.15, -0.1) is 0 Å². The van der Waals surface area contributed by atoms with Gasteiger partial charge in [-0.05, 0) is 70.5 Å². The van der Waals surface area contributed by atoms with E-state index in [-0.39, 0.29) is 45.4 Å². The van der Waals surface area contributed by atoms with E-state index in [2.05, 4.69) is 21.3 Å². The fraction of sp³-hybridized carbons (Fsp3) is 0.310. The number of benzene rings is 4. The molecule has 4 amide bonds. The van der Waals surface area contributed by atoms with E-state index in [0.29, 0.717) is 22.6 Å². The van der Waals surface area contributed by atoms with Gasteiger partial charge in [0, 0.05) is 19.4 Å². The number of carbonyl (C=O) groups is 5. The predicted molar refractivity (Wildman–Crippen MR) is 206 cm³/mol. The summed E-state index contributed by atoms with van der Waals surface area (Å²) < 4.78 is 27.1. The molecule has 0 spiro atoms. The zero-order valence-corrected chi connectivity index (χ0v) is 31.5. The van der Waals surface area contributed by atoms with Gasteiger partial charge in [0.15, 0.2) is 0 Å². The Kier molecular flexibility index (Phi) is 14.7. The number of hydrogen-bond acceptors (Lipinski definition) is 10. The number of methoxy groups -OCH3 is 3. The van der Waals surface area contributed by atoms with Crippen LogP contribution in [-0.4, -0.2) is 76.0 Å². The van der Waals surface area contributed by atoms with Crippen LogP contribution in [0.2, 0.25) is 0 Å². The van der Waals surface area contributed by atoms with Crippen molar-refractivity contribution in [3.63, 3.8) is 0 Å². The maximum absolute atomic E-state index is 14.2. The van der Waals surface area contributed by atoms with Crippen molar-refractivity contribution in [3.05, 3.63) is 119 Å². The van der Waals surface area contributed by atoms with Crippen LogP contribution < -0.4 is 30.7 Å². The van der Waals surface area contributed by atoms with Crippen molar-refractivity contribution < 1.29 is 47.7 Å². The number of fused-ring (bicyclic) bond motifs is 5. The second kappa shape index (κ2) is 20.2. The topological polar surface area (TPSA) is 180 Å². The molecule has 3 atom stereocenters. The largest absolute Gasteiger partial charge is 0.496 e. The lowest BCUT2D eigenvalue weighted by Crippen LogP contribution is -2.56. The third kappa shape index (κ3) is 11.5. The van der Waals surface area contributed by atoms with Crippen molar-refractivity contribution in [2.75, 3.05) is 27.9 Å². The Hall–Kier alpha value is -6.57. The third-order valence-electron chi connectivity index (χ3n) is 9.15. The fourth-order valence-electron chi connectivity index (χ4n) is 6.21. The van der Waals surface area contributed by atoms with Crippen LogP contribution >= 0.6 is 0 Å². The van der Waals surface area contributed by atoms with Gasteiger partial charge in [-0.3, -0.25) is 9.59 Å². The molecule has 0 saturated carbocycles. The molecule has 0 saturated heterocycles. The lowest BCUT2D eigenvalue weighted by Gasteiger charge is -2.25. The van der Waals surface area contributed by atoms with Crippen molar-refractivity contribution in [3.8, 4) is 22.6 Å². The minimum absolute atomic E-state index is 0.00531. The number of hydrogen-bond donors (Lipinski definition) is 4. The third-order valence-corrected chi connectivity index (χ3v) is 9.15. The number of amides is 4. The van der Waals surface area contributed by atoms with Gasteiger partial charge in [0.1, 0.15) is 42.8 Å². The Bertz CT molecular complexity index is 1980. The summed E-state index contributed by atoms with van der Waals surface area (Å²) in [6.07, 6.45) is -1.28. The minimum Gasteiger partial charge on any atom is -0.496 e. The first-order valence-corrected chi connectivity index (χ1v) is 18.1. The standard InChI is InChI=1S/C42H46N4O10/c1-52-36-18-16-29-21-31(36)23-34(46-42(51)56-26-28-13-8-5-9-14-28)39(48)44-33(15-10-20-43-41(50)55-25-27-11-6-4-7-12-27)38(47)45-35(40(49)54-3)24-32-22-30(29)17-19-37(32)53-2/h4-9,11-14,16-19,21-22,33-35H,10,15,20,23-26H2,1-3H3,(H,43,50)(H,44,48)(H,45,47)(H,46,51)/t33-,34-,35-/m0/s1. The molecule has 1 heterocycles. The molecule has 1 aliphatic rings. The summed E-state index contributed by atoms with van der Waals surface area (Å²) in [6, 6.07) is 25.6. The number of alkyl carbamates (subject to hydrolysis) is 2. The molecule has 4 aromatic rings. The second-order valence-electron chi connectivity index (χ2n) is 13.0. The molecule has 1 aliphatic heterocycles. The molecule has 0 aromatic heterocycles. The van der Waals surface area contributed by atoms with Crippen molar-refractivity contribution in [2.45, 2.75) is 57.0 Å². The fourth-order valence-corrected chi connectivity index (χ4v) is 6.21. The monoisotopic (exact) mass is 766 g/mol. The maximum Gasteiger partial charge on any atom is 0.408 e. The number of ether oxygens (including phenoxy) is 5. The maximum atomic E-state index is 14.2. The van der Waals surface area contributed by atoms with Crippen LogP contribution in [-0.2, 0) is 54.6 Å². The van der Waals surface area contributed by atoms with Crippen LogP contribution in [0.1, 0.15) is 35.1 Å². The summed E-state index contributed by atoms with van der Waals surface area (Å²) >= 11 is 0. The summed E-state index contributed by atoms with van der Waals surface area (Å²) in [5, 5.41) is 10.8. The SMILES string of the molecule is COC(=O)[C@@H]1Cc2cc(ccc2OC)-c2ccc(OC)c(c2)C[C@H](NC(=O)OCc2ccccc2)C(=O)N[C@@H](CCCNC(=O)OCc2ccccc2)C(=O)N1. The van der Waals surface area contributed by atoms with E-state index in [0.717, 1.165) is 22.3 Å². The molecule has 56 heavy (non-hydrogen) atoms. The van der Waals surface area contributed by atoms with Crippen LogP contribution in [0.25, 0.3) is 11.1 Å². The highest BCUT2D eigenvalue weighted by atomic mass is 16.6. The average molecular weight is 767 g/mol. The first-order chi connectivity index (χ1) is 27.2. The molecule has 14 heteroatoms. The summed E-state index contributed by atoms with van der Waals surface area (Å²) in [5.41, 5.74) is 4.30. The Morgan fingerprint density at radius 1 is 0.679 bits per heavy atom. The van der Waals surface area contributed by atoms with E-state index in [1.165, 1.54) is 21.3 Å². The zero-order valence-electron chi connectivity index (χ0n) is 31.5. The minimum atomic E-state index is -1.24. The lowest BCUT2D eigenvalue weighted by molar-refractivity contribution is -0.145. The summed E-state index contributed by atoms with van der Waals surface area (Å²) in [5.74, 6) is -1.14. The van der Waals surface area contributed by atoms with Gasteiger partial charge in [0.05, 0.1) is 21.3 Å². The summed E-state index contributed by atoms with van der Waals surface area (Å²) in [6.45, 7) is 0.141. The Morgan fingerprint density at radius 3 is 1.79 bits per heavy atom. The highest BCUT2D eigenvalue weighted by Crippen LogP contribution is 2.32. The first kappa shape index (κ1) is 40.6. The predicted octanol–water partition coefficient (Wildman–Crippen LogP) is 4.61. The molecule has 294 valence electrons. The number of esters is 1. The Labute approximate surface area is 325 Å². The highest BCUT2D eigenvalue weighted by molar-refractivity contribution is 5.93. The van der Waals surface area contributed by atoms with E-state index < -0.39 is 48.1 Å². The molecular weight excluding hydrogens is 720 g/mol. The van der Waals surface area contributed by atoms with Crippen molar-refractivity contribution in [1.82, 2.24) is 21.3 Å². The Morgan fingerprint density at radius 2 is 1.23 bits per heavy atom. The van der Waals surface area contributed by atoms with Gasteiger partial charge in [0.25, 0.3) is 0 Å². The van der Waals surface area contributed by atoms with Gasteiger partial charge in [-0.25, -0.2) is 14.4 Å². The number of nitrogens with one attached hydrogen (secondary N) is 4. The first-order valence-electron chi connectivity index (χ1n) is 18.1. The van der Waals surface area contributed by atoms with Crippen LogP contribution in [0, 0.1) is 0 Å². The van der Waals surface area contributed by atoms with Crippen LogP contribution in [0.15, 0.2) is 97.1 Å². The molecule has 0 fully saturated rings. The molecule has 0 radical (unpaired) electrons. The van der Waals surface area contributed by atoms with Gasteiger partial charge in [-0.1, -0.05) is 72.8 Å². The van der Waals surface area contributed by atoms with Crippen molar-refractivity contribution in [2.24, 2.45) is 0 Å². The normalized spacial score (nSPS) is 16.7. The van der Waals surface area contributed by atoms with Crippen molar-refractivity contribution in [1.29, 1.82) is 0 Å². The zero-order chi connectivity index (χ0) is 39.9. The average Bonchev–Trinajstić information content (AvgIpc) is 3.22. The molecule has 0 unspecified atom stereocenters. The lowest BCUT2D eigenvalue weighted by atomic mass is 9.95. The summed E-state index contributed by atoms with van der Waals surface area (Å²) in [7, 11) is 4.22. The molecular formula is C42H46N4O10. The van der Waals surface area contributed by atoms with E-state index in [4.69, 9.17) is 23.7 Å². The van der Waals surface area contributed by atoms with Crippen LogP contribution in [0.4, 0.5) is 9.59 Å². The number of carbonyl (C=O) groups excluding carboxylic acids is 5. The molecule has 4 aromatic carbocycles. The molecule has 4 bridgehead atoms. The molecule has 0 aliphatic carbocycles. The Balaban J connectivity index is 1.43. The van der Waals surface area contributed by atoms with Gasteiger partial charge in [0.2, 0.25) is 11.8 Å². The molecule has 5 rings (SSSR count). The van der Waals surface area contributed by atoms with Gasteiger partial charge < -0.3 is 45.0 Å². The van der Waals surface area contributed by atoms with Gasteiger partial charge in [-0.2, -0.15) is 0 Å². The smallest absolute Gasteiger partial charge is 0.408 e. The van der Waals surface area contributed by atoms with Crippen LogP contribution in [0.3, 0.4) is 0 Å². The van der Waals surface area contributed by atoms with E-state index in [1.54, 1.807) is 24.3 Å². The quantitative estimate of drug-likeness (QED) is 0.0904. The van der Waals surface area contributed by atoms with Crippen molar-refractivity contribution >= 4 is 30.0 Å². The second-order valence-corrected chi connectivity index (χ2v) is 13.0. The van der Waals surface area contributed by atoms with E-state index in [1.807, 2.05) is 72.8 Å². The van der Waals surface area contributed by atoms with Crippen LogP contribution in [0.5, 0.6) is 11.5 Å². The van der Waals surface area contributed by atoms with E-state index >= 15 is 0 Å². The highest BCUT2D eigenvalue weighted by Gasteiger charge is 2.32.